The van der Waals surface area contributed by atoms with Gasteiger partial charge in [0.25, 0.3) is 0 Å². The van der Waals surface area contributed by atoms with Gasteiger partial charge in [0.2, 0.25) is 5.91 Å². The quantitative estimate of drug-likeness (QED) is 0.545. The van der Waals surface area contributed by atoms with E-state index < -0.39 is 0 Å². The molecule has 0 aliphatic rings. The minimum atomic E-state index is -0.151. The normalized spacial score (nSPS) is 10.7. The first-order valence-corrected chi connectivity index (χ1v) is 10.2. The molecular weight excluding hydrogens is 396 g/mol. The van der Waals surface area contributed by atoms with Gasteiger partial charge >= 0.3 is 0 Å². The van der Waals surface area contributed by atoms with Crippen LogP contribution in [-0.2, 0) is 17.9 Å². The van der Waals surface area contributed by atoms with Crippen molar-refractivity contribution in [2.75, 3.05) is 11.1 Å². The molecule has 8 heteroatoms. The summed E-state index contributed by atoms with van der Waals surface area (Å²) in [6, 6.07) is 15.0. The highest BCUT2D eigenvalue weighted by Crippen LogP contribution is 2.23. The maximum absolute atomic E-state index is 12.2. The number of hydrogen-bond acceptors (Lipinski definition) is 5. The molecule has 1 aromatic heterocycles. The smallest absolute Gasteiger partial charge is 0.234 e. The van der Waals surface area contributed by atoms with E-state index in [0.29, 0.717) is 29.0 Å². The Morgan fingerprint density at radius 2 is 1.93 bits per heavy atom. The number of aromatic nitrogens is 3. The number of benzene rings is 2. The van der Waals surface area contributed by atoms with Crippen molar-refractivity contribution in [3.63, 3.8) is 0 Å². The van der Waals surface area contributed by atoms with Crippen LogP contribution in [0.15, 0.2) is 53.7 Å². The lowest BCUT2D eigenvalue weighted by atomic mass is 10.2. The monoisotopic (exact) mass is 416 g/mol. The predicted molar refractivity (Wildman–Crippen MR) is 112 cm³/mol. The van der Waals surface area contributed by atoms with Crippen LogP contribution >= 0.6 is 23.4 Å². The Kier molecular flexibility index (Phi) is 6.95. The summed E-state index contributed by atoms with van der Waals surface area (Å²) < 4.78 is 7.82. The van der Waals surface area contributed by atoms with E-state index >= 15 is 0 Å². The van der Waals surface area contributed by atoms with E-state index in [2.05, 4.69) is 15.5 Å². The Labute approximate surface area is 173 Å². The van der Waals surface area contributed by atoms with Gasteiger partial charge in [-0.15, -0.1) is 10.2 Å². The first-order valence-electron chi connectivity index (χ1n) is 8.86. The number of nitrogens with zero attached hydrogens (tertiary/aromatic N) is 3. The van der Waals surface area contributed by atoms with Crippen molar-refractivity contribution in [1.29, 1.82) is 0 Å². The minimum Gasteiger partial charge on any atom is -0.485 e. The van der Waals surface area contributed by atoms with E-state index in [1.54, 1.807) is 12.1 Å². The summed E-state index contributed by atoms with van der Waals surface area (Å²) in [5, 5.41) is 12.4. The molecule has 0 fully saturated rings. The summed E-state index contributed by atoms with van der Waals surface area (Å²) in [6.07, 6.45) is 0. The number of nitrogens with one attached hydrogen (secondary N) is 1. The lowest BCUT2D eigenvalue weighted by Gasteiger charge is -2.10. The van der Waals surface area contributed by atoms with Crippen molar-refractivity contribution in [3.05, 3.63) is 64.9 Å². The molecule has 3 aromatic rings. The van der Waals surface area contributed by atoms with Gasteiger partial charge in [0.05, 0.1) is 16.5 Å². The number of para-hydroxylation sites is 2. The van der Waals surface area contributed by atoms with Gasteiger partial charge < -0.3 is 14.6 Å². The number of carbonyl (C=O) groups is 1. The Morgan fingerprint density at radius 3 is 2.68 bits per heavy atom. The Hall–Kier alpha value is -2.51. The molecule has 3 rings (SSSR count). The van der Waals surface area contributed by atoms with Gasteiger partial charge in [-0.1, -0.05) is 53.7 Å². The van der Waals surface area contributed by atoms with Crippen molar-refractivity contribution in [2.45, 2.75) is 32.2 Å². The zero-order valence-corrected chi connectivity index (χ0v) is 17.3. The molecule has 2 aromatic carbocycles. The highest BCUT2D eigenvalue weighted by atomic mass is 35.5. The summed E-state index contributed by atoms with van der Waals surface area (Å²) in [4.78, 5) is 12.2. The van der Waals surface area contributed by atoms with Crippen LogP contribution in [0, 0.1) is 6.92 Å². The zero-order chi connectivity index (χ0) is 19.9. The number of ether oxygens (including phenoxy) is 1. The van der Waals surface area contributed by atoms with Gasteiger partial charge in [-0.2, -0.15) is 0 Å². The van der Waals surface area contributed by atoms with Gasteiger partial charge in [-0.3, -0.25) is 4.79 Å². The van der Waals surface area contributed by atoms with Crippen LogP contribution < -0.4 is 10.1 Å². The molecular formula is C20H21ClN4O2S. The predicted octanol–water partition coefficient (Wildman–Crippen LogP) is 4.57. The fraction of sp³-hybridized carbons (Fsp3) is 0.250. The molecule has 0 aliphatic heterocycles. The van der Waals surface area contributed by atoms with E-state index in [9.17, 15) is 4.79 Å². The topological polar surface area (TPSA) is 69.0 Å². The second kappa shape index (κ2) is 9.61. The number of rotatable bonds is 8. The van der Waals surface area contributed by atoms with Crippen molar-refractivity contribution in [3.8, 4) is 5.75 Å². The largest absolute Gasteiger partial charge is 0.485 e. The molecule has 0 bridgehead atoms. The van der Waals surface area contributed by atoms with Crippen molar-refractivity contribution in [1.82, 2.24) is 14.8 Å². The number of anilines is 1. The first-order chi connectivity index (χ1) is 13.6. The van der Waals surface area contributed by atoms with Gasteiger partial charge in [-0.05, 0) is 37.6 Å². The summed E-state index contributed by atoms with van der Waals surface area (Å²) in [5.74, 6) is 1.60. The first kappa shape index (κ1) is 20.2. The van der Waals surface area contributed by atoms with Gasteiger partial charge in [0, 0.05) is 6.54 Å². The second-order valence-electron chi connectivity index (χ2n) is 6.01. The number of halogens is 1. The molecule has 0 unspecified atom stereocenters. The van der Waals surface area contributed by atoms with Crippen LogP contribution in [0.3, 0.4) is 0 Å². The molecule has 1 heterocycles. The molecule has 0 spiro atoms. The lowest BCUT2D eigenvalue weighted by molar-refractivity contribution is -0.113. The third-order valence-electron chi connectivity index (χ3n) is 4.04. The molecule has 1 amide bonds. The molecule has 0 saturated heterocycles. The Balaban J connectivity index is 1.59. The lowest BCUT2D eigenvalue weighted by Crippen LogP contribution is -2.15. The number of aryl methyl sites for hydroxylation is 1. The van der Waals surface area contributed by atoms with E-state index in [-0.39, 0.29) is 11.7 Å². The Morgan fingerprint density at radius 1 is 1.18 bits per heavy atom. The van der Waals surface area contributed by atoms with Crippen LogP contribution in [0.5, 0.6) is 5.75 Å². The third-order valence-corrected chi connectivity index (χ3v) is 5.34. The maximum Gasteiger partial charge on any atom is 0.234 e. The summed E-state index contributed by atoms with van der Waals surface area (Å²) in [5.41, 5.74) is 1.66. The summed E-state index contributed by atoms with van der Waals surface area (Å²) >= 11 is 7.40. The molecule has 0 aliphatic carbocycles. The minimum absolute atomic E-state index is 0.151. The van der Waals surface area contributed by atoms with E-state index in [1.807, 2.05) is 54.8 Å². The average molecular weight is 417 g/mol. The molecule has 0 atom stereocenters. The summed E-state index contributed by atoms with van der Waals surface area (Å²) in [6.45, 7) is 5.01. The molecule has 28 heavy (non-hydrogen) atoms. The number of thioether (sulfide) groups is 1. The number of carbonyl (C=O) groups excluding carboxylic acids is 1. The van der Waals surface area contributed by atoms with Gasteiger partial charge in [-0.25, -0.2) is 0 Å². The van der Waals surface area contributed by atoms with Crippen LogP contribution in [-0.4, -0.2) is 26.4 Å². The zero-order valence-electron chi connectivity index (χ0n) is 15.7. The number of amides is 1. The standard InChI is InChI=1S/C20H21ClN4O2S/c1-3-25-18(12-27-17-11-7-4-8-14(17)2)23-24-20(25)28-13-19(26)22-16-10-6-5-9-15(16)21/h4-11H,3,12-13H2,1-2H3,(H,22,26). The second-order valence-corrected chi connectivity index (χ2v) is 7.36. The van der Waals surface area contributed by atoms with Gasteiger partial charge in [0.15, 0.2) is 11.0 Å². The highest BCUT2D eigenvalue weighted by molar-refractivity contribution is 7.99. The van der Waals surface area contributed by atoms with Crippen molar-refractivity contribution < 1.29 is 9.53 Å². The molecule has 0 saturated carbocycles. The van der Waals surface area contributed by atoms with Crippen LogP contribution in [0.4, 0.5) is 5.69 Å². The highest BCUT2D eigenvalue weighted by Gasteiger charge is 2.14. The number of hydrogen-bond donors (Lipinski definition) is 1. The Bertz CT molecular complexity index is 961. The molecule has 6 nitrogen and oxygen atoms in total. The fourth-order valence-corrected chi connectivity index (χ4v) is 3.59. The molecule has 1 N–H and O–H groups in total. The van der Waals surface area contributed by atoms with E-state index in [4.69, 9.17) is 16.3 Å². The SMILES string of the molecule is CCn1c(COc2ccccc2C)nnc1SCC(=O)Nc1ccccc1Cl. The third kappa shape index (κ3) is 5.05. The van der Waals surface area contributed by atoms with Crippen LogP contribution in [0.2, 0.25) is 5.02 Å². The van der Waals surface area contributed by atoms with Crippen LogP contribution in [0.1, 0.15) is 18.3 Å². The summed E-state index contributed by atoms with van der Waals surface area (Å²) in [7, 11) is 0. The van der Waals surface area contributed by atoms with Crippen LogP contribution in [0.25, 0.3) is 0 Å². The van der Waals surface area contributed by atoms with Crippen molar-refractivity contribution >= 4 is 35.0 Å². The molecule has 0 radical (unpaired) electrons. The van der Waals surface area contributed by atoms with E-state index in [1.165, 1.54) is 11.8 Å². The fourth-order valence-electron chi connectivity index (χ4n) is 2.59. The maximum atomic E-state index is 12.2. The van der Waals surface area contributed by atoms with Gasteiger partial charge in [0.1, 0.15) is 12.4 Å². The molecule has 146 valence electrons. The van der Waals surface area contributed by atoms with Crippen molar-refractivity contribution in [2.24, 2.45) is 0 Å². The van der Waals surface area contributed by atoms with E-state index in [0.717, 1.165) is 17.1 Å². The average Bonchev–Trinajstić information content (AvgIpc) is 3.09.